The lowest BCUT2D eigenvalue weighted by Crippen LogP contribution is -2.35. The molecule has 0 atom stereocenters. The Kier molecular flexibility index (Phi) is 11.8. The zero-order valence-corrected chi connectivity index (χ0v) is 11.5. The van der Waals surface area contributed by atoms with Crippen LogP contribution in [0.15, 0.2) is 0 Å². The molecule has 0 aliphatic carbocycles. The summed E-state index contributed by atoms with van der Waals surface area (Å²) in [5.41, 5.74) is 0. The molecular weight excluding hydrogens is 210 g/mol. The molecule has 0 bridgehead atoms. The number of hydrogen-bond acceptors (Lipinski definition) is 3. The number of aliphatic carboxylic acids is 1. The second-order valence-corrected chi connectivity index (χ2v) is 5.47. The summed E-state index contributed by atoms with van der Waals surface area (Å²) in [5.74, 6) is -0.308. The molecule has 3 nitrogen and oxygen atoms in total. The Morgan fingerprint density at radius 1 is 1.33 bits per heavy atom. The van der Waals surface area contributed by atoms with E-state index in [1.54, 1.807) is 0 Å². The number of carboxylic acids is 1. The van der Waals surface area contributed by atoms with Crippen LogP contribution in [-0.4, -0.2) is 50.1 Å². The summed E-state index contributed by atoms with van der Waals surface area (Å²) in [6.45, 7) is 3.53. The van der Waals surface area contributed by atoms with Crippen LogP contribution < -0.4 is 5.11 Å². The number of thioether (sulfide) groups is 1. The second-order valence-electron chi connectivity index (χ2n) is 4.48. The quantitative estimate of drug-likeness (QED) is 0.644. The number of unbranched alkanes of at least 4 members (excludes halogenated alkanes) is 1. The summed E-state index contributed by atoms with van der Waals surface area (Å²) < 4.78 is 1.10. The number of carbonyl (C=O) groups excluding carboxylic acids is 1. The van der Waals surface area contributed by atoms with Gasteiger partial charge in [-0.1, -0.05) is 13.3 Å². The fourth-order valence-corrected chi connectivity index (χ4v) is 1.19. The van der Waals surface area contributed by atoms with Crippen LogP contribution >= 0.6 is 11.8 Å². The average molecular weight is 235 g/mol. The van der Waals surface area contributed by atoms with Gasteiger partial charge in [-0.25, -0.2) is 0 Å². The van der Waals surface area contributed by atoms with Crippen molar-refractivity contribution in [2.45, 2.75) is 26.2 Å². The molecular formula is C11H25NO2S. The van der Waals surface area contributed by atoms with Crippen LogP contribution in [0.2, 0.25) is 0 Å². The lowest BCUT2D eigenvalue weighted by molar-refractivity contribution is -0.870. The first-order valence-corrected chi connectivity index (χ1v) is 6.72. The fraction of sp³-hybridized carbons (Fsp3) is 0.909. The zero-order chi connectivity index (χ0) is 12.3. The summed E-state index contributed by atoms with van der Waals surface area (Å²) in [6, 6.07) is 0. The number of nitrogens with zero attached hydrogens (tertiary/aromatic N) is 1. The highest BCUT2D eigenvalue weighted by molar-refractivity contribution is 7.98. The number of quaternary nitrogens is 1. The molecule has 0 aliphatic rings. The first-order valence-electron chi connectivity index (χ1n) is 5.32. The summed E-state index contributed by atoms with van der Waals surface area (Å²) in [6.07, 6.45) is 4.70. The van der Waals surface area contributed by atoms with Gasteiger partial charge in [0.2, 0.25) is 0 Å². The summed E-state index contributed by atoms with van der Waals surface area (Å²) in [7, 11) is 6.70. The zero-order valence-electron chi connectivity index (χ0n) is 10.7. The molecule has 0 spiro atoms. The molecule has 0 aromatic rings. The minimum atomic E-state index is -0.964. The standard InChI is InChI=1S/C7H18N.C4H8O2S/c1-5-6-7-8(2,3)4;1-7-3-2-4(5)6/h5-7H2,1-4H3;2-3H2,1H3,(H,5,6)/q+1;/p-1. The maximum Gasteiger partial charge on any atom is 0.0780 e. The lowest BCUT2D eigenvalue weighted by atomic mass is 10.3. The fourth-order valence-electron chi connectivity index (χ4n) is 0.818. The summed E-state index contributed by atoms with van der Waals surface area (Å²) in [5, 5.41) is 9.63. The van der Waals surface area contributed by atoms with Gasteiger partial charge < -0.3 is 14.4 Å². The molecule has 0 aromatic heterocycles. The van der Waals surface area contributed by atoms with Crippen molar-refractivity contribution in [1.82, 2.24) is 0 Å². The van der Waals surface area contributed by atoms with Gasteiger partial charge in [0.25, 0.3) is 0 Å². The Hall–Kier alpha value is -0.220. The van der Waals surface area contributed by atoms with E-state index in [1.165, 1.54) is 31.1 Å². The number of carboxylic acid groups (broad SMARTS) is 1. The van der Waals surface area contributed by atoms with E-state index in [-0.39, 0.29) is 6.42 Å². The maximum atomic E-state index is 9.63. The molecule has 0 radical (unpaired) electrons. The Balaban J connectivity index is 0. The van der Waals surface area contributed by atoms with Crippen molar-refractivity contribution >= 4 is 17.7 Å². The lowest BCUT2D eigenvalue weighted by Gasteiger charge is -2.23. The molecule has 0 heterocycles. The summed E-state index contributed by atoms with van der Waals surface area (Å²) in [4.78, 5) is 9.63. The molecule has 0 aromatic carbocycles. The molecule has 4 heteroatoms. The van der Waals surface area contributed by atoms with Gasteiger partial charge in [0.05, 0.1) is 27.7 Å². The predicted molar refractivity (Wildman–Crippen MR) is 65.8 cm³/mol. The van der Waals surface area contributed by atoms with E-state index < -0.39 is 5.97 Å². The molecule has 0 fully saturated rings. The third-order valence-electron chi connectivity index (χ3n) is 1.69. The van der Waals surface area contributed by atoms with Crippen LogP contribution in [0.25, 0.3) is 0 Å². The Bertz CT molecular complexity index is 155. The van der Waals surface area contributed by atoms with Crippen molar-refractivity contribution in [1.29, 1.82) is 0 Å². The van der Waals surface area contributed by atoms with Crippen LogP contribution in [0, 0.1) is 0 Å². The molecule has 92 valence electrons. The van der Waals surface area contributed by atoms with Gasteiger partial charge in [0, 0.05) is 5.97 Å². The van der Waals surface area contributed by atoms with E-state index in [4.69, 9.17) is 0 Å². The number of hydrogen-bond donors (Lipinski definition) is 0. The van der Waals surface area contributed by atoms with Gasteiger partial charge in [-0.05, 0) is 24.9 Å². The summed E-state index contributed by atoms with van der Waals surface area (Å²) >= 11 is 1.51. The van der Waals surface area contributed by atoms with Gasteiger partial charge in [-0.3, -0.25) is 0 Å². The Labute approximate surface area is 98.4 Å². The topological polar surface area (TPSA) is 40.1 Å². The van der Waals surface area contributed by atoms with E-state index in [2.05, 4.69) is 28.1 Å². The van der Waals surface area contributed by atoms with Crippen LogP contribution in [0.3, 0.4) is 0 Å². The molecule has 0 rings (SSSR count). The maximum absolute atomic E-state index is 9.63. The minimum absolute atomic E-state index is 0.168. The first kappa shape index (κ1) is 17.2. The minimum Gasteiger partial charge on any atom is -0.550 e. The SMILES string of the molecule is CCCC[N+](C)(C)C.CSCCC(=O)[O-]. The van der Waals surface area contributed by atoms with Crippen LogP contribution in [0.1, 0.15) is 26.2 Å². The highest BCUT2D eigenvalue weighted by Crippen LogP contribution is 1.95. The van der Waals surface area contributed by atoms with Crippen molar-refractivity contribution < 1.29 is 14.4 Å². The molecule has 15 heavy (non-hydrogen) atoms. The van der Waals surface area contributed by atoms with E-state index in [0.717, 1.165) is 4.48 Å². The molecule has 0 amide bonds. The van der Waals surface area contributed by atoms with Gasteiger partial charge in [-0.2, -0.15) is 11.8 Å². The largest absolute Gasteiger partial charge is 0.550 e. The smallest absolute Gasteiger partial charge is 0.0780 e. The van der Waals surface area contributed by atoms with Crippen molar-refractivity contribution in [3.8, 4) is 0 Å². The molecule has 0 unspecified atom stereocenters. The molecule has 0 saturated carbocycles. The highest BCUT2D eigenvalue weighted by Gasteiger charge is 2.02. The Morgan fingerprint density at radius 2 is 1.87 bits per heavy atom. The van der Waals surface area contributed by atoms with Crippen molar-refractivity contribution in [2.75, 3.05) is 39.7 Å². The van der Waals surface area contributed by atoms with Crippen LogP contribution in [0.4, 0.5) is 0 Å². The van der Waals surface area contributed by atoms with E-state index in [1.807, 2.05) is 6.26 Å². The third-order valence-corrected chi connectivity index (χ3v) is 2.31. The van der Waals surface area contributed by atoms with E-state index in [0.29, 0.717) is 5.75 Å². The number of carbonyl (C=O) groups is 1. The van der Waals surface area contributed by atoms with Crippen LogP contribution in [-0.2, 0) is 4.79 Å². The van der Waals surface area contributed by atoms with E-state index >= 15 is 0 Å². The molecule has 0 aliphatic heterocycles. The number of rotatable bonds is 6. The molecule has 0 saturated heterocycles. The van der Waals surface area contributed by atoms with Gasteiger partial charge in [0.1, 0.15) is 0 Å². The second kappa shape index (κ2) is 10.3. The van der Waals surface area contributed by atoms with Crippen molar-refractivity contribution in [3.05, 3.63) is 0 Å². The van der Waals surface area contributed by atoms with E-state index in [9.17, 15) is 9.90 Å². The first-order chi connectivity index (χ1) is 6.83. The Morgan fingerprint density at radius 3 is 2.00 bits per heavy atom. The van der Waals surface area contributed by atoms with Crippen molar-refractivity contribution in [3.63, 3.8) is 0 Å². The monoisotopic (exact) mass is 235 g/mol. The molecule has 0 N–H and O–H groups in total. The van der Waals surface area contributed by atoms with Gasteiger partial charge in [0.15, 0.2) is 0 Å². The predicted octanol–water partition coefficient (Wildman–Crippen LogP) is 0.982. The normalized spacial score (nSPS) is 10.5. The van der Waals surface area contributed by atoms with Gasteiger partial charge in [-0.15, -0.1) is 0 Å². The average Bonchev–Trinajstić information content (AvgIpc) is 2.11. The van der Waals surface area contributed by atoms with Crippen LogP contribution in [0.5, 0.6) is 0 Å². The van der Waals surface area contributed by atoms with Gasteiger partial charge >= 0.3 is 0 Å². The van der Waals surface area contributed by atoms with Crippen molar-refractivity contribution in [2.24, 2.45) is 0 Å². The highest BCUT2D eigenvalue weighted by atomic mass is 32.2. The third kappa shape index (κ3) is 24.8.